The first-order chi connectivity index (χ1) is 11.3. The van der Waals surface area contributed by atoms with Crippen LogP contribution in [0.15, 0.2) is 77.7 Å². The number of fused-ring (bicyclic) bond motifs is 1. The summed E-state index contributed by atoms with van der Waals surface area (Å²) in [5.41, 5.74) is 3.19. The van der Waals surface area contributed by atoms with Gasteiger partial charge in [-0.2, -0.15) is 5.10 Å². The first-order valence-corrected chi connectivity index (χ1v) is 7.57. The largest absolute Gasteiger partial charge is 0.455 e. The topological polar surface area (TPSA) is 31.0 Å². The van der Waals surface area contributed by atoms with Crippen molar-refractivity contribution in [3.8, 4) is 11.5 Å². The molecule has 0 N–H and O–H groups in total. The number of furan rings is 1. The Morgan fingerprint density at radius 1 is 0.957 bits per heavy atom. The summed E-state index contributed by atoms with van der Waals surface area (Å²) in [4.78, 5) is 0. The average Bonchev–Trinajstić information content (AvgIpc) is 3.21. The molecule has 0 spiro atoms. The molecule has 3 nitrogen and oxygen atoms in total. The summed E-state index contributed by atoms with van der Waals surface area (Å²) in [6.45, 7) is 4.47. The van der Waals surface area contributed by atoms with Crippen LogP contribution >= 0.6 is 0 Å². The molecular formula is C20H16N2O. The van der Waals surface area contributed by atoms with Gasteiger partial charge >= 0.3 is 0 Å². The smallest absolute Gasteiger partial charge is 0.155 e. The highest BCUT2D eigenvalue weighted by atomic mass is 16.3. The first-order valence-electron chi connectivity index (χ1n) is 7.57. The Bertz CT molecular complexity index is 964. The van der Waals surface area contributed by atoms with E-state index in [4.69, 9.17) is 9.52 Å². The molecule has 0 aliphatic carbocycles. The van der Waals surface area contributed by atoms with Gasteiger partial charge in [0.1, 0.15) is 11.5 Å². The predicted molar refractivity (Wildman–Crippen MR) is 93.1 cm³/mol. The van der Waals surface area contributed by atoms with Gasteiger partial charge in [-0.15, -0.1) is 0 Å². The molecule has 2 aromatic heterocycles. The highest BCUT2D eigenvalue weighted by molar-refractivity contribution is 5.92. The zero-order chi connectivity index (χ0) is 15.6. The van der Waals surface area contributed by atoms with Gasteiger partial charge in [0, 0.05) is 5.39 Å². The van der Waals surface area contributed by atoms with Crippen molar-refractivity contribution >= 4 is 17.0 Å². The van der Waals surface area contributed by atoms with Crippen LogP contribution in [0.1, 0.15) is 11.3 Å². The minimum Gasteiger partial charge on any atom is -0.455 e. The van der Waals surface area contributed by atoms with E-state index >= 15 is 0 Å². The molecule has 2 heterocycles. The lowest BCUT2D eigenvalue weighted by molar-refractivity contribution is 0.567. The van der Waals surface area contributed by atoms with Gasteiger partial charge in [0.25, 0.3) is 0 Å². The van der Waals surface area contributed by atoms with Crippen LogP contribution in [0.5, 0.6) is 0 Å². The second kappa shape index (κ2) is 5.61. The molecule has 0 bridgehead atoms. The maximum absolute atomic E-state index is 5.80. The van der Waals surface area contributed by atoms with Gasteiger partial charge in [-0.05, 0) is 29.8 Å². The zero-order valence-electron chi connectivity index (χ0n) is 12.6. The van der Waals surface area contributed by atoms with Gasteiger partial charge in [-0.3, -0.25) is 4.68 Å². The van der Waals surface area contributed by atoms with Gasteiger partial charge in [-0.1, -0.05) is 55.1 Å². The lowest BCUT2D eigenvalue weighted by atomic mass is 10.2. The number of hydrogen-bond donors (Lipinski definition) is 0. The zero-order valence-corrected chi connectivity index (χ0v) is 12.6. The Morgan fingerprint density at radius 3 is 2.52 bits per heavy atom. The van der Waals surface area contributed by atoms with Crippen molar-refractivity contribution in [1.82, 2.24) is 9.78 Å². The molecular weight excluding hydrogens is 284 g/mol. The molecule has 4 aromatic rings. The van der Waals surface area contributed by atoms with E-state index in [2.05, 4.69) is 30.8 Å². The number of hydrogen-bond acceptors (Lipinski definition) is 2. The van der Waals surface area contributed by atoms with Gasteiger partial charge in [0.2, 0.25) is 0 Å². The third-order valence-electron chi connectivity index (χ3n) is 3.89. The van der Waals surface area contributed by atoms with Gasteiger partial charge in [0.15, 0.2) is 5.76 Å². The molecule has 4 rings (SSSR count). The van der Waals surface area contributed by atoms with E-state index in [-0.39, 0.29) is 0 Å². The Morgan fingerprint density at radius 2 is 1.74 bits per heavy atom. The third kappa shape index (κ3) is 2.46. The lowest BCUT2D eigenvalue weighted by Crippen LogP contribution is -2.01. The molecule has 112 valence electrons. The van der Waals surface area contributed by atoms with Crippen molar-refractivity contribution < 1.29 is 4.42 Å². The van der Waals surface area contributed by atoms with Crippen molar-refractivity contribution in [2.45, 2.75) is 6.54 Å². The van der Waals surface area contributed by atoms with E-state index in [0.29, 0.717) is 0 Å². The van der Waals surface area contributed by atoms with Gasteiger partial charge in [0.05, 0.1) is 12.1 Å². The summed E-state index contributed by atoms with van der Waals surface area (Å²) < 4.78 is 7.82. The van der Waals surface area contributed by atoms with E-state index in [9.17, 15) is 0 Å². The van der Waals surface area contributed by atoms with E-state index in [0.717, 1.165) is 34.7 Å². The predicted octanol–water partition coefficient (Wildman–Crippen LogP) is 4.99. The quantitative estimate of drug-likeness (QED) is 0.532. The SMILES string of the molecule is C=Cc1ccc(-c2nn(Cc3ccccc3)c3ccccc23)o1. The number of benzene rings is 2. The van der Waals surface area contributed by atoms with Crippen molar-refractivity contribution in [2.75, 3.05) is 0 Å². The van der Waals surface area contributed by atoms with Crippen molar-refractivity contribution in [3.63, 3.8) is 0 Å². The second-order valence-corrected chi connectivity index (χ2v) is 5.42. The van der Waals surface area contributed by atoms with Crippen LogP contribution in [0.2, 0.25) is 0 Å². The fraction of sp³-hybridized carbons (Fsp3) is 0.0500. The van der Waals surface area contributed by atoms with Crippen molar-refractivity contribution in [1.29, 1.82) is 0 Å². The van der Waals surface area contributed by atoms with E-state index in [1.807, 2.05) is 47.1 Å². The monoisotopic (exact) mass is 300 g/mol. The molecule has 0 atom stereocenters. The van der Waals surface area contributed by atoms with Crippen LogP contribution in [-0.2, 0) is 6.54 Å². The maximum Gasteiger partial charge on any atom is 0.155 e. The number of nitrogens with zero attached hydrogens (tertiary/aromatic N) is 2. The summed E-state index contributed by atoms with van der Waals surface area (Å²) in [5.74, 6) is 1.52. The van der Waals surface area contributed by atoms with E-state index in [1.54, 1.807) is 6.08 Å². The van der Waals surface area contributed by atoms with Gasteiger partial charge in [-0.25, -0.2) is 0 Å². The lowest BCUT2D eigenvalue weighted by Gasteiger charge is -2.03. The molecule has 0 saturated carbocycles. The van der Waals surface area contributed by atoms with Crippen molar-refractivity contribution in [2.24, 2.45) is 0 Å². The van der Waals surface area contributed by atoms with Crippen LogP contribution < -0.4 is 0 Å². The van der Waals surface area contributed by atoms with Gasteiger partial charge < -0.3 is 4.42 Å². The highest BCUT2D eigenvalue weighted by Gasteiger charge is 2.14. The Kier molecular flexibility index (Phi) is 3.31. The molecule has 0 saturated heterocycles. The third-order valence-corrected chi connectivity index (χ3v) is 3.89. The molecule has 0 unspecified atom stereocenters. The minimum absolute atomic E-state index is 0.733. The van der Waals surface area contributed by atoms with E-state index in [1.165, 1.54) is 5.56 Å². The molecule has 0 aliphatic rings. The summed E-state index contributed by atoms with van der Waals surface area (Å²) in [6.07, 6.45) is 1.70. The minimum atomic E-state index is 0.733. The maximum atomic E-state index is 5.80. The molecule has 0 amide bonds. The Hall–Kier alpha value is -3.07. The molecule has 0 radical (unpaired) electrons. The standard InChI is InChI=1S/C20H16N2O/c1-2-16-12-13-19(23-16)20-17-10-6-7-11-18(17)22(21-20)14-15-8-4-3-5-9-15/h2-13H,1,14H2. The molecule has 23 heavy (non-hydrogen) atoms. The first kappa shape index (κ1) is 13.6. The molecule has 3 heteroatoms. The normalized spacial score (nSPS) is 11.0. The molecule has 0 aliphatic heterocycles. The van der Waals surface area contributed by atoms with Crippen LogP contribution in [0, 0.1) is 0 Å². The van der Waals surface area contributed by atoms with Crippen LogP contribution in [0.3, 0.4) is 0 Å². The second-order valence-electron chi connectivity index (χ2n) is 5.42. The van der Waals surface area contributed by atoms with Crippen LogP contribution in [0.25, 0.3) is 28.4 Å². The average molecular weight is 300 g/mol. The summed E-state index contributed by atoms with van der Waals surface area (Å²) >= 11 is 0. The van der Waals surface area contributed by atoms with Crippen LogP contribution in [0.4, 0.5) is 0 Å². The Balaban J connectivity index is 1.84. The molecule has 2 aromatic carbocycles. The fourth-order valence-electron chi connectivity index (χ4n) is 2.78. The summed E-state index contributed by atoms with van der Waals surface area (Å²) in [7, 11) is 0. The number of para-hydroxylation sites is 1. The van der Waals surface area contributed by atoms with E-state index < -0.39 is 0 Å². The number of aromatic nitrogens is 2. The summed E-state index contributed by atoms with van der Waals surface area (Å²) in [6, 6.07) is 22.4. The highest BCUT2D eigenvalue weighted by Crippen LogP contribution is 2.29. The Labute approximate surface area is 134 Å². The summed E-state index contributed by atoms with van der Waals surface area (Å²) in [5, 5.41) is 5.88. The fourth-order valence-corrected chi connectivity index (χ4v) is 2.78. The van der Waals surface area contributed by atoms with Crippen LogP contribution in [-0.4, -0.2) is 9.78 Å². The molecule has 0 fully saturated rings. The number of rotatable bonds is 4. The van der Waals surface area contributed by atoms with Crippen molar-refractivity contribution in [3.05, 3.63) is 84.6 Å².